The van der Waals surface area contributed by atoms with Gasteiger partial charge < -0.3 is 10.6 Å². The van der Waals surface area contributed by atoms with Crippen LogP contribution in [0.4, 0.5) is 5.69 Å². The quantitative estimate of drug-likeness (QED) is 0.878. The van der Waals surface area contributed by atoms with Crippen LogP contribution in [0.5, 0.6) is 0 Å². The highest BCUT2D eigenvalue weighted by Gasteiger charge is 2.09. The van der Waals surface area contributed by atoms with Crippen LogP contribution < -0.4 is 10.6 Å². The van der Waals surface area contributed by atoms with Crippen LogP contribution in [0.3, 0.4) is 0 Å². The van der Waals surface area contributed by atoms with Crippen molar-refractivity contribution in [1.29, 1.82) is 0 Å². The molecular weight excluding hydrogens is 284 g/mol. The zero-order valence-electron chi connectivity index (χ0n) is 12.2. The highest BCUT2D eigenvalue weighted by atomic mass is 35.5. The smallest absolute Gasteiger partial charge is 0.238 e. The monoisotopic (exact) mass is 302 g/mol. The van der Waals surface area contributed by atoms with Crippen molar-refractivity contribution in [3.05, 3.63) is 64.7 Å². The van der Waals surface area contributed by atoms with Crippen molar-refractivity contribution >= 4 is 23.2 Å². The number of carbonyl (C=O) groups is 1. The summed E-state index contributed by atoms with van der Waals surface area (Å²) >= 11 is 5.81. The second-order valence-electron chi connectivity index (χ2n) is 5.01. The van der Waals surface area contributed by atoms with Crippen molar-refractivity contribution in [2.24, 2.45) is 0 Å². The molecule has 1 atom stereocenters. The van der Waals surface area contributed by atoms with Crippen LogP contribution in [0, 0.1) is 6.92 Å². The van der Waals surface area contributed by atoms with E-state index in [1.165, 1.54) is 11.1 Å². The second kappa shape index (κ2) is 7.25. The topological polar surface area (TPSA) is 41.1 Å². The largest absolute Gasteiger partial charge is 0.325 e. The molecule has 0 aliphatic rings. The molecule has 0 spiro atoms. The van der Waals surface area contributed by atoms with Crippen LogP contribution in [-0.2, 0) is 4.79 Å². The van der Waals surface area contributed by atoms with Gasteiger partial charge in [-0.3, -0.25) is 4.79 Å². The minimum atomic E-state index is -0.0715. The van der Waals surface area contributed by atoms with Gasteiger partial charge in [-0.15, -0.1) is 0 Å². The number of halogens is 1. The van der Waals surface area contributed by atoms with E-state index in [2.05, 4.69) is 36.6 Å². The first-order chi connectivity index (χ1) is 10.1. The molecule has 2 aromatic carbocycles. The molecule has 2 N–H and O–H groups in total. The average molecular weight is 303 g/mol. The van der Waals surface area contributed by atoms with Gasteiger partial charge in [0.1, 0.15) is 0 Å². The minimum absolute atomic E-state index is 0.0715. The summed E-state index contributed by atoms with van der Waals surface area (Å²) in [5, 5.41) is 6.72. The summed E-state index contributed by atoms with van der Waals surface area (Å²) in [6.45, 7) is 4.39. The third-order valence-electron chi connectivity index (χ3n) is 3.35. The lowest BCUT2D eigenvalue weighted by Gasteiger charge is -2.16. The number of aryl methyl sites for hydroxylation is 1. The molecule has 1 amide bonds. The molecule has 3 nitrogen and oxygen atoms in total. The number of nitrogens with one attached hydrogen (secondary N) is 2. The maximum atomic E-state index is 11.9. The van der Waals surface area contributed by atoms with E-state index in [-0.39, 0.29) is 18.5 Å². The lowest BCUT2D eigenvalue weighted by molar-refractivity contribution is -0.115. The fraction of sp³-hybridized carbons (Fsp3) is 0.235. The maximum absolute atomic E-state index is 11.9. The van der Waals surface area contributed by atoms with Gasteiger partial charge in [-0.05, 0) is 49.2 Å². The Hall–Kier alpha value is -1.84. The predicted molar refractivity (Wildman–Crippen MR) is 87.7 cm³/mol. The molecule has 0 unspecified atom stereocenters. The van der Waals surface area contributed by atoms with Crippen molar-refractivity contribution in [3.8, 4) is 0 Å². The summed E-state index contributed by atoms with van der Waals surface area (Å²) in [4.78, 5) is 11.9. The number of anilines is 1. The van der Waals surface area contributed by atoms with Crippen molar-refractivity contribution in [3.63, 3.8) is 0 Å². The van der Waals surface area contributed by atoms with E-state index in [9.17, 15) is 4.79 Å². The van der Waals surface area contributed by atoms with Gasteiger partial charge in [0.05, 0.1) is 6.54 Å². The summed E-state index contributed by atoms with van der Waals surface area (Å²) in [5.41, 5.74) is 3.17. The van der Waals surface area contributed by atoms with E-state index in [0.717, 1.165) is 5.69 Å². The Kier molecular flexibility index (Phi) is 5.37. The first-order valence-electron chi connectivity index (χ1n) is 6.90. The molecule has 21 heavy (non-hydrogen) atoms. The Labute approximate surface area is 130 Å². The van der Waals surface area contributed by atoms with Gasteiger partial charge in [0.25, 0.3) is 0 Å². The number of hydrogen-bond donors (Lipinski definition) is 2. The summed E-state index contributed by atoms with van der Waals surface area (Å²) < 4.78 is 0. The van der Waals surface area contributed by atoms with Gasteiger partial charge in [-0.2, -0.15) is 0 Å². The number of hydrogen-bond acceptors (Lipinski definition) is 2. The molecule has 4 heteroatoms. The number of amides is 1. The lowest BCUT2D eigenvalue weighted by Crippen LogP contribution is -2.30. The van der Waals surface area contributed by atoms with Crippen LogP contribution in [0.2, 0.25) is 5.02 Å². The van der Waals surface area contributed by atoms with Crippen LogP contribution in [0.15, 0.2) is 48.5 Å². The van der Waals surface area contributed by atoms with E-state index < -0.39 is 0 Å². The number of benzene rings is 2. The fourth-order valence-electron chi connectivity index (χ4n) is 2.17. The van der Waals surface area contributed by atoms with Gasteiger partial charge in [-0.25, -0.2) is 0 Å². The van der Waals surface area contributed by atoms with Gasteiger partial charge >= 0.3 is 0 Å². The molecule has 0 saturated heterocycles. The molecule has 0 saturated carbocycles. The van der Waals surface area contributed by atoms with Crippen molar-refractivity contribution in [2.75, 3.05) is 11.9 Å². The van der Waals surface area contributed by atoms with Crippen LogP contribution >= 0.6 is 11.6 Å². The molecule has 0 radical (unpaired) electrons. The standard InChI is InChI=1S/C17H19ClN2O/c1-12-5-3-4-6-16(12)13(2)19-11-17(21)20-15-9-7-14(18)8-10-15/h3-10,13,19H,11H2,1-2H3,(H,20,21)/t13-/m1/s1. The highest BCUT2D eigenvalue weighted by Crippen LogP contribution is 2.16. The summed E-state index contributed by atoms with van der Waals surface area (Å²) in [6.07, 6.45) is 0. The molecule has 0 bridgehead atoms. The summed E-state index contributed by atoms with van der Waals surface area (Å²) in [5.74, 6) is -0.0715. The Morgan fingerprint density at radius 3 is 2.48 bits per heavy atom. The first kappa shape index (κ1) is 15.5. The predicted octanol–water partition coefficient (Wildman–Crippen LogP) is 3.94. The number of rotatable bonds is 5. The van der Waals surface area contributed by atoms with Crippen LogP contribution in [-0.4, -0.2) is 12.5 Å². The zero-order chi connectivity index (χ0) is 15.2. The fourth-order valence-corrected chi connectivity index (χ4v) is 2.29. The minimum Gasteiger partial charge on any atom is -0.325 e. The molecule has 0 heterocycles. The van der Waals surface area contributed by atoms with Gasteiger partial charge in [0.15, 0.2) is 0 Å². The van der Waals surface area contributed by atoms with Gasteiger partial charge in [-0.1, -0.05) is 35.9 Å². The van der Waals surface area contributed by atoms with Gasteiger partial charge in [0.2, 0.25) is 5.91 Å². The Morgan fingerprint density at radius 1 is 1.14 bits per heavy atom. The molecule has 0 aliphatic carbocycles. The summed E-state index contributed by atoms with van der Waals surface area (Å²) in [6, 6.07) is 15.4. The number of carbonyl (C=O) groups excluding carboxylic acids is 1. The van der Waals surface area contributed by atoms with Crippen molar-refractivity contribution < 1.29 is 4.79 Å². The Morgan fingerprint density at radius 2 is 1.81 bits per heavy atom. The first-order valence-corrected chi connectivity index (χ1v) is 7.28. The SMILES string of the molecule is Cc1ccccc1[C@@H](C)NCC(=O)Nc1ccc(Cl)cc1. The Balaban J connectivity index is 1.86. The van der Waals surface area contributed by atoms with E-state index in [4.69, 9.17) is 11.6 Å². The van der Waals surface area contributed by atoms with E-state index in [1.54, 1.807) is 24.3 Å². The molecule has 2 aromatic rings. The molecule has 0 fully saturated rings. The zero-order valence-corrected chi connectivity index (χ0v) is 12.9. The van der Waals surface area contributed by atoms with E-state index >= 15 is 0 Å². The molecular formula is C17H19ClN2O. The normalized spacial score (nSPS) is 12.0. The third-order valence-corrected chi connectivity index (χ3v) is 3.60. The molecule has 110 valence electrons. The molecule has 0 aliphatic heterocycles. The van der Waals surface area contributed by atoms with Crippen molar-refractivity contribution in [2.45, 2.75) is 19.9 Å². The second-order valence-corrected chi connectivity index (χ2v) is 5.45. The average Bonchev–Trinajstić information content (AvgIpc) is 2.48. The third kappa shape index (κ3) is 4.59. The lowest BCUT2D eigenvalue weighted by atomic mass is 10.0. The molecule has 2 rings (SSSR count). The van der Waals surface area contributed by atoms with Crippen LogP contribution in [0.25, 0.3) is 0 Å². The Bertz CT molecular complexity index is 610. The van der Waals surface area contributed by atoms with E-state index in [1.807, 2.05) is 12.1 Å². The van der Waals surface area contributed by atoms with E-state index in [0.29, 0.717) is 5.02 Å². The highest BCUT2D eigenvalue weighted by molar-refractivity contribution is 6.30. The van der Waals surface area contributed by atoms with Crippen molar-refractivity contribution in [1.82, 2.24) is 5.32 Å². The maximum Gasteiger partial charge on any atom is 0.238 e. The van der Waals surface area contributed by atoms with Crippen LogP contribution in [0.1, 0.15) is 24.1 Å². The molecule has 0 aromatic heterocycles. The summed E-state index contributed by atoms with van der Waals surface area (Å²) in [7, 11) is 0. The van der Waals surface area contributed by atoms with Gasteiger partial charge in [0, 0.05) is 16.8 Å².